The number of ether oxygens (including phenoxy) is 1. The summed E-state index contributed by atoms with van der Waals surface area (Å²) in [6.07, 6.45) is -0.285. The Morgan fingerprint density at radius 3 is 2.50 bits per heavy atom. The van der Waals surface area contributed by atoms with Crippen LogP contribution in [0.3, 0.4) is 0 Å². The van der Waals surface area contributed by atoms with Gasteiger partial charge in [-0.05, 0) is 38.5 Å². The van der Waals surface area contributed by atoms with Crippen LogP contribution in [0.4, 0.5) is 4.79 Å². The average Bonchev–Trinajstić information content (AvgIpc) is 2.56. The van der Waals surface area contributed by atoms with Crippen LogP contribution in [0.15, 0.2) is 18.2 Å². The first-order chi connectivity index (χ1) is 12.1. The molecule has 1 N–H and O–H groups in total. The van der Waals surface area contributed by atoms with Crippen molar-refractivity contribution in [1.29, 1.82) is 0 Å². The summed E-state index contributed by atoms with van der Waals surface area (Å²) < 4.78 is 5.36. The molecule has 1 aromatic carbocycles. The van der Waals surface area contributed by atoms with E-state index in [1.165, 1.54) is 4.90 Å². The zero-order valence-electron chi connectivity index (χ0n) is 15.2. The van der Waals surface area contributed by atoms with Crippen LogP contribution in [0, 0.1) is 0 Å². The number of carbonyl (C=O) groups is 2. The molecule has 1 aromatic rings. The molecule has 1 heterocycles. The van der Waals surface area contributed by atoms with E-state index >= 15 is 0 Å². The molecular formula is C18H24Cl2N2O4. The Kier molecular flexibility index (Phi) is 6.77. The summed E-state index contributed by atoms with van der Waals surface area (Å²) in [5.41, 5.74) is 0.155. The van der Waals surface area contributed by atoms with Gasteiger partial charge < -0.3 is 19.6 Å². The van der Waals surface area contributed by atoms with Crippen molar-refractivity contribution in [2.75, 3.05) is 26.2 Å². The van der Waals surface area contributed by atoms with Crippen LogP contribution in [0.2, 0.25) is 10.0 Å². The number of rotatable bonds is 3. The number of piperazine rings is 1. The second-order valence-electron chi connectivity index (χ2n) is 7.28. The van der Waals surface area contributed by atoms with Crippen molar-refractivity contribution in [1.82, 2.24) is 9.80 Å². The van der Waals surface area contributed by atoms with Gasteiger partial charge in [0.25, 0.3) is 0 Å². The molecule has 1 fully saturated rings. The fourth-order valence-electron chi connectivity index (χ4n) is 2.76. The number of nitrogens with zero attached hydrogens (tertiary/aromatic N) is 2. The van der Waals surface area contributed by atoms with E-state index < -0.39 is 17.7 Å². The number of benzene rings is 1. The van der Waals surface area contributed by atoms with Gasteiger partial charge in [0.05, 0.1) is 29.1 Å². The van der Waals surface area contributed by atoms with E-state index in [1.807, 2.05) is 0 Å². The lowest BCUT2D eigenvalue weighted by atomic mass is 10.1. The minimum atomic E-state index is -0.591. The number of amides is 2. The fraction of sp³-hybridized carbons (Fsp3) is 0.556. The average molecular weight is 403 g/mol. The first kappa shape index (κ1) is 20.8. The van der Waals surface area contributed by atoms with Gasteiger partial charge in [0, 0.05) is 19.6 Å². The molecular weight excluding hydrogens is 379 g/mol. The van der Waals surface area contributed by atoms with Crippen LogP contribution in [-0.2, 0) is 16.0 Å². The molecule has 1 aliphatic rings. The maximum atomic E-state index is 12.6. The fourth-order valence-corrected chi connectivity index (χ4v) is 3.08. The molecule has 0 aliphatic carbocycles. The maximum Gasteiger partial charge on any atom is 0.410 e. The van der Waals surface area contributed by atoms with Gasteiger partial charge in [0.1, 0.15) is 5.60 Å². The molecule has 26 heavy (non-hydrogen) atoms. The highest BCUT2D eigenvalue weighted by Gasteiger charge is 2.33. The van der Waals surface area contributed by atoms with Crippen molar-refractivity contribution in [3.05, 3.63) is 33.8 Å². The third-order valence-electron chi connectivity index (χ3n) is 4.00. The van der Waals surface area contributed by atoms with E-state index in [1.54, 1.807) is 43.9 Å². The van der Waals surface area contributed by atoms with Crippen molar-refractivity contribution in [2.45, 2.75) is 38.8 Å². The number of hydrogen-bond acceptors (Lipinski definition) is 4. The minimum absolute atomic E-state index is 0.133. The lowest BCUT2D eigenvalue weighted by molar-refractivity contribution is -0.136. The Bertz CT molecular complexity index is 676. The third kappa shape index (κ3) is 5.50. The molecule has 144 valence electrons. The number of carbonyl (C=O) groups excluding carboxylic acids is 2. The van der Waals surface area contributed by atoms with E-state index in [9.17, 15) is 14.7 Å². The summed E-state index contributed by atoms with van der Waals surface area (Å²) in [5.74, 6) is -0.133. The quantitative estimate of drug-likeness (QED) is 0.843. The summed E-state index contributed by atoms with van der Waals surface area (Å²) >= 11 is 11.9. The third-order valence-corrected chi connectivity index (χ3v) is 4.74. The topological polar surface area (TPSA) is 70.1 Å². The summed E-state index contributed by atoms with van der Waals surface area (Å²) in [7, 11) is 0. The van der Waals surface area contributed by atoms with Gasteiger partial charge in [-0.2, -0.15) is 0 Å². The molecule has 1 atom stereocenters. The second-order valence-corrected chi connectivity index (χ2v) is 8.09. The highest BCUT2D eigenvalue weighted by molar-refractivity contribution is 6.42. The van der Waals surface area contributed by atoms with E-state index in [0.29, 0.717) is 23.1 Å². The molecule has 6 nitrogen and oxygen atoms in total. The maximum absolute atomic E-state index is 12.6. The van der Waals surface area contributed by atoms with Crippen molar-refractivity contribution >= 4 is 35.2 Å². The molecule has 0 radical (unpaired) electrons. The van der Waals surface area contributed by atoms with Gasteiger partial charge in [-0.15, -0.1) is 0 Å². The lowest BCUT2D eigenvalue weighted by Gasteiger charge is -2.41. The SMILES string of the molecule is CC(C)(C)OC(=O)N1CCN(C(=O)Cc2ccc(Cl)c(Cl)c2)C(CO)C1. The monoisotopic (exact) mass is 402 g/mol. The molecule has 0 spiro atoms. The molecule has 0 aromatic heterocycles. The molecule has 2 rings (SSSR count). The molecule has 0 saturated carbocycles. The van der Waals surface area contributed by atoms with Crippen molar-refractivity contribution in [2.24, 2.45) is 0 Å². The smallest absolute Gasteiger partial charge is 0.410 e. The summed E-state index contributed by atoms with van der Waals surface area (Å²) in [4.78, 5) is 28.0. The zero-order valence-corrected chi connectivity index (χ0v) is 16.7. The molecule has 2 amide bonds. The van der Waals surface area contributed by atoms with Crippen LogP contribution in [0.25, 0.3) is 0 Å². The zero-order chi connectivity index (χ0) is 19.5. The van der Waals surface area contributed by atoms with Crippen LogP contribution in [-0.4, -0.2) is 64.8 Å². The molecule has 1 aliphatic heterocycles. The van der Waals surface area contributed by atoms with E-state index in [0.717, 1.165) is 5.56 Å². The summed E-state index contributed by atoms with van der Waals surface area (Å²) in [6, 6.07) is 4.59. The van der Waals surface area contributed by atoms with Crippen molar-refractivity contribution in [3.8, 4) is 0 Å². The summed E-state index contributed by atoms with van der Waals surface area (Å²) in [5, 5.41) is 10.5. The predicted octanol–water partition coefficient (Wildman–Crippen LogP) is 2.98. The first-order valence-corrected chi connectivity index (χ1v) is 9.18. The Morgan fingerprint density at radius 1 is 1.23 bits per heavy atom. The van der Waals surface area contributed by atoms with E-state index in [-0.39, 0.29) is 25.5 Å². The largest absolute Gasteiger partial charge is 0.444 e. The number of halogens is 2. The molecule has 0 bridgehead atoms. The molecule has 1 saturated heterocycles. The minimum Gasteiger partial charge on any atom is -0.444 e. The Hall–Kier alpha value is -1.50. The number of aliphatic hydroxyl groups is 1. The first-order valence-electron chi connectivity index (χ1n) is 8.43. The van der Waals surface area contributed by atoms with Gasteiger partial charge in [0.2, 0.25) is 5.91 Å². The molecule has 1 unspecified atom stereocenters. The van der Waals surface area contributed by atoms with Gasteiger partial charge in [0.15, 0.2) is 0 Å². The van der Waals surface area contributed by atoms with Crippen LogP contribution in [0.1, 0.15) is 26.3 Å². The van der Waals surface area contributed by atoms with Crippen LogP contribution < -0.4 is 0 Å². The van der Waals surface area contributed by atoms with Gasteiger partial charge in [-0.25, -0.2) is 4.79 Å². The standard InChI is InChI=1S/C18H24Cl2N2O4/c1-18(2,3)26-17(25)21-6-7-22(13(10-21)11-23)16(24)9-12-4-5-14(19)15(20)8-12/h4-5,8,13,23H,6-7,9-11H2,1-3H3. The summed E-state index contributed by atoms with van der Waals surface area (Å²) in [6.45, 7) is 6.09. The van der Waals surface area contributed by atoms with Gasteiger partial charge in [-0.1, -0.05) is 29.3 Å². The predicted molar refractivity (Wildman–Crippen MR) is 101 cm³/mol. The van der Waals surface area contributed by atoms with Crippen molar-refractivity contribution < 1.29 is 19.4 Å². The normalized spacial score (nSPS) is 18.0. The van der Waals surface area contributed by atoms with Crippen LogP contribution >= 0.6 is 23.2 Å². The Balaban J connectivity index is 2.01. The van der Waals surface area contributed by atoms with Gasteiger partial charge in [-0.3, -0.25) is 4.79 Å². The van der Waals surface area contributed by atoms with Gasteiger partial charge >= 0.3 is 6.09 Å². The second kappa shape index (κ2) is 8.46. The highest BCUT2D eigenvalue weighted by atomic mass is 35.5. The van der Waals surface area contributed by atoms with E-state index in [4.69, 9.17) is 27.9 Å². The number of hydrogen-bond donors (Lipinski definition) is 1. The Labute approximate surface area is 163 Å². The van der Waals surface area contributed by atoms with Crippen molar-refractivity contribution in [3.63, 3.8) is 0 Å². The lowest BCUT2D eigenvalue weighted by Crippen LogP contribution is -2.58. The molecule has 8 heteroatoms. The Morgan fingerprint density at radius 2 is 1.92 bits per heavy atom. The number of aliphatic hydroxyl groups excluding tert-OH is 1. The van der Waals surface area contributed by atoms with Crippen LogP contribution in [0.5, 0.6) is 0 Å². The van der Waals surface area contributed by atoms with E-state index in [2.05, 4.69) is 0 Å². The highest BCUT2D eigenvalue weighted by Crippen LogP contribution is 2.23.